The van der Waals surface area contributed by atoms with Gasteiger partial charge in [0.15, 0.2) is 5.75 Å². The summed E-state index contributed by atoms with van der Waals surface area (Å²) in [4.78, 5) is 58.4. The Bertz CT molecular complexity index is 2510. The van der Waals surface area contributed by atoms with Gasteiger partial charge in [-0.05, 0) is 25.8 Å². The lowest BCUT2D eigenvalue weighted by Gasteiger charge is -2.40. The van der Waals surface area contributed by atoms with Gasteiger partial charge in [-0.3, -0.25) is 19.5 Å². The topological polar surface area (TPSA) is 236 Å². The van der Waals surface area contributed by atoms with E-state index in [1.165, 1.54) is 20.3 Å². The number of hydrogen-bond donors (Lipinski definition) is 6. The zero-order valence-electron chi connectivity index (χ0n) is 41.7. The highest BCUT2D eigenvalue weighted by Gasteiger charge is 2.51. The van der Waals surface area contributed by atoms with E-state index in [0.29, 0.717) is 70.3 Å². The van der Waals surface area contributed by atoms with Gasteiger partial charge in [-0.25, -0.2) is 9.79 Å². The van der Waals surface area contributed by atoms with E-state index in [-0.39, 0.29) is 56.3 Å². The number of aromatic hydroxyl groups is 2. The lowest BCUT2D eigenvalue weighted by molar-refractivity contribution is -0.114. The molecule has 2 saturated heterocycles. The first kappa shape index (κ1) is 51.7. The predicted octanol–water partition coefficient (Wildman–Crippen LogP) is 3.93. The van der Waals surface area contributed by atoms with E-state index in [2.05, 4.69) is 34.0 Å². The van der Waals surface area contributed by atoms with Gasteiger partial charge in [0, 0.05) is 119 Å². The van der Waals surface area contributed by atoms with Crippen molar-refractivity contribution in [3.8, 4) is 17.2 Å². The lowest BCUT2D eigenvalue weighted by Crippen LogP contribution is -2.52. The number of fused-ring (bicyclic) bond motifs is 13. The van der Waals surface area contributed by atoms with Crippen LogP contribution in [0.3, 0.4) is 0 Å². The molecule has 8 rings (SSSR count). The fraction of sp³-hybridized carbons (Fsp3) is 0.627. The molecule has 2 amide bonds. The third-order valence-electron chi connectivity index (χ3n) is 14.9. The number of amides is 2. The molecule has 0 radical (unpaired) electrons. The molecule has 0 saturated carbocycles. The Morgan fingerprint density at radius 3 is 2.23 bits per heavy atom. The Morgan fingerprint density at radius 2 is 1.59 bits per heavy atom. The van der Waals surface area contributed by atoms with Crippen molar-refractivity contribution in [2.75, 3.05) is 71.4 Å². The number of β-amino-alcohol motifs (C(OH)–C–C–N with tert-alkyl or cyclic N) is 1. The molecule has 378 valence electrons. The number of benzene rings is 2. The van der Waals surface area contributed by atoms with Crippen molar-refractivity contribution in [3.63, 3.8) is 0 Å². The van der Waals surface area contributed by atoms with Crippen LogP contribution in [0, 0.1) is 36.5 Å². The van der Waals surface area contributed by atoms with Gasteiger partial charge >= 0.3 is 11.9 Å². The molecule has 2 aromatic rings. The fourth-order valence-electron chi connectivity index (χ4n) is 10.5. The normalized spacial score (nSPS) is 31.9. The number of likely N-dealkylation sites (tertiary alicyclic amines) is 1. The van der Waals surface area contributed by atoms with Gasteiger partial charge in [0.2, 0.25) is 0 Å². The maximum absolute atomic E-state index is 14.9. The van der Waals surface area contributed by atoms with Crippen LogP contribution in [0.4, 0.5) is 10.5 Å². The first-order chi connectivity index (χ1) is 32.6. The molecule has 2 fully saturated rings. The summed E-state index contributed by atoms with van der Waals surface area (Å²) in [5.74, 6) is -6.31. The van der Waals surface area contributed by atoms with E-state index in [4.69, 9.17) is 23.9 Å². The maximum atomic E-state index is 14.9. The highest BCUT2D eigenvalue weighted by atomic mass is 16.7. The monoisotopic (exact) mass is 961 g/mol. The summed E-state index contributed by atoms with van der Waals surface area (Å²) in [6, 6.07) is 0. The van der Waals surface area contributed by atoms with Crippen LogP contribution in [-0.2, 0) is 19.0 Å². The van der Waals surface area contributed by atoms with Crippen LogP contribution in [0.25, 0.3) is 10.8 Å². The molecule has 6 aliphatic rings. The van der Waals surface area contributed by atoms with Crippen molar-refractivity contribution >= 4 is 34.2 Å². The number of nitrogens with zero attached hydrogens (tertiary/aromatic N) is 5. The molecule has 69 heavy (non-hydrogen) atoms. The molecule has 18 nitrogen and oxygen atoms in total. The average molecular weight is 961 g/mol. The summed E-state index contributed by atoms with van der Waals surface area (Å²) in [6.07, 6.45) is 4.26. The second-order valence-electron chi connectivity index (χ2n) is 20.3. The summed E-state index contributed by atoms with van der Waals surface area (Å²) >= 11 is 0. The summed E-state index contributed by atoms with van der Waals surface area (Å²) < 4.78 is 24.8. The smallest absolute Gasteiger partial charge is 0.410 e. The quantitative estimate of drug-likeness (QED) is 0.225. The van der Waals surface area contributed by atoms with Crippen molar-refractivity contribution < 1.29 is 58.9 Å². The fourth-order valence-corrected chi connectivity index (χ4v) is 10.5. The summed E-state index contributed by atoms with van der Waals surface area (Å²) in [7, 11) is 1.48. The number of aliphatic hydroxyl groups excluding tert-OH is 3. The van der Waals surface area contributed by atoms with Crippen LogP contribution in [0.15, 0.2) is 46.1 Å². The number of Topliss-reactive ketones (excluding diaryl/α,β-unsaturated/α-hetero) is 1. The number of nitrogens with one attached hydrogen (secondary N) is 1. The van der Waals surface area contributed by atoms with Crippen molar-refractivity contribution in [2.45, 2.75) is 111 Å². The van der Waals surface area contributed by atoms with Gasteiger partial charge < -0.3 is 59.6 Å². The summed E-state index contributed by atoms with van der Waals surface area (Å²) in [5.41, 5.74) is -0.164. The van der Waals surface area contributed by atoms with Crippen molar-refractivity contribution in [3.05, 3.63) is 58.0 Å². The molecular weight excluding hydrogens is 889 g/mol. The number of rotatable bonds is 6. The van der Waals surface area contributed by atoms with Crippen LogP contribution in [0.5, 0.6) is 17.2 Å². The lowest BCUT2D eigenvalue weighted by atomic mass is 9.78. The van der Waals surface area contributed by atoms with Crippen LogP contribution < -0.4 is 20.8 Å². The predicted molar refractivity (Wildman–Crippen MR) is 258 cm³/mol. The summed E-state index contributed by atoms with van der Waals surface area (Å²) in [5, 5.41) is 60.8. The third-order valence-corrected chi connectivity index (χ3v) is 14.9. The van der Waals surface area contributed by atoms with Crippen LogP contribution in [0.2, 0.25) is 0 Å². The molecule has 0 aromatic heterocycles. The van der Waals surface area contributed by atoms with Gasteiger partial charge in [-0.15, -0.1) is 0 Å². The Balaban J connectivity index is 1.33. The van der Waals surface area contributed by atoms with Gasteiger partial charge in [-0.1, -0.05) is 59.8 Å². The molecule has 2 aromatic carbocycles. The Hall–Kier alpha value is -5.11. The van der Waals surface area contributed by atoms with E-state index in [9.17, 15) is 39.9 Å². The van der Waals surface area contributed by atoms with E-state index >= 15 is 0 Å². The maximum Gasteiger partial charge on any atom is 0.410 e. The SMILES string of the molecule is CO[C@H]1/C=C/O[C@@]2(C)Oc3c(C)c(O)c4c(O)c(c5c(c4c3C2=O)NC2(CCN(CC(C)C)CC2)N=5)=NC(=O)/C(C)=C\C=C\[C@H](C)[C@H](O)[C@@H](C)[C@@H](O)[C@@H](C)[C@H](OC(=O)N2CCN(CCO)CC2)[C@@H]1C. The number of phenolic OH excluding ortho intramolecular Hbond substituents is 2. The minimum atomic E-state index is -1.98. The molecule has 0 aliphatic carbocycles. The molecule has 1 spiro atoms. The minimum Gasteiger partial charge on any atom is -0.507 e. The molecule has 9 atom stereocenters. The first-order valence-electron chi connectivity index (χ1n) is 24.3. The van der Waals surface area contributed by atoms with Gasteiger partial charge in [0.25, 0.3) is 11.7 Å². The molecule has 0 unspecified atom stereocenters. The zero-order chi connectivity index (χ0) is 50.3. The van der Waals surface area contributed by atoms with Crippen molar-refractivity contribution in [1.29, 1.82) is 0 Å². The Kier molecular flexibility index (Phi) is 15.5. The number of hydrogen-bond acceptors (Lipinski definition) is 16. The zero-order valence-corrected chi connectivity index (χ0v) is 41.7. The largest absolute Gasteiger partial charge is 0.507 e. The highest BCUT2D eigenvalue weighted by Crippen LogP contribution is 2.51. The molecule has 5 bridgehead atoms. The number of phenols is 2. The standard InChI is InChI=1S/C51H72N6O12/c1-27(2)26-56-17-15-51(16-18-56)53-38-35-36-43(61)33(8)46-37(35)47(63)50(9,69-46)67-25-14-34(66-10)30(5)45(68-49(65)57-21-19-55(20-22-57)23-24-58)32(7)42(60)31(6)41(59)28(3)12-11-13-29(4)48(64)52-40(44(36)62)39(38)54-51/h11-14,25,27-28,30-32,34,41-42,45,53,58-62H,15-24,26H2,1-10H3/b12-11+,25-14+,29-13-,52-40?/t28-,30+,31+,32+,34-,41-,42+,45+,50-/m0/s1. The number of ketones is 1. The summed E-state index contributed by atoms with van der Waals surface area (Å²) in [6.45, 7) is 20.6. The number of carbonyl (C=O) groups is 3. The van der Waals surface area contributed by atoms with Crippen LogP contribution in [-0.4, -0.2) is 160 Å². The number of carbonyl (C=O) groups excluding carboxylic acids is 3. The number of allylic oxidation sites excluding steroid dienone is 2. The highest BCUT2D eigenvalue weighted by molar-refractivity contribution is 6.21. The van der Waals surface area contributed by atoms with Crippen LogP contribution in [0.1, 0.15) is 84.2 Å². The molecule has 6 heterocycles. The number of aliphatic hydroxyl groups is 3. The Morgan fingerprint density at radius 1 is 0.913 bits per heavy atom. The molecule has 6 aliphatic heterocycles. The van der Waals surface area contributed by atoms with E-state index in [1.807, 2.05) is 6.92 Å². The minimum absolute atomic E-state index is 0.00592. The van der Waals surface area contributed by atoms with Crippen molar-refractivity contribution in [1.82, 2.24) is 14.7 Å². The van der Waals surface area contributed by atoms with E-state index in [0.717, 1.165) is 6.54 Å². The average Bonchev–Trinajstić information content (AvgIpc) is 3.82. The Labute approximate surface area is 404 Å². The van der Waals surface area contributed by atoms with Gasteiger partial charge in [0.05, 0.1) is 47.8 Å². The number of ether oxygens (including phenoxy) is 4. The number of piperazine rings is 1. The van der Waals surface area contributed by atoms with E-state index < -0.39 is 83.1 Å². The third kappa shape index (κ3) is 10.1. The molecule has 6 N–H and O–H groups in total. The molecular formula is C51H72N6O12. The number of anilines is 1. The molecule has 18 heteroatoms. The van der Waals surface area contributed by atoms with Crippen molar-refractivity contribution in [2.24, 2.45) is 39.6 Å². The van der Waals surface area contributed by atoms with Gasteiger partial charge in [-0.2, -0.15) is 0 Å². The second-order valence-corrected chi connectivity index (χ2v) is 20.3. The second kappa shape index (κ2) is 20.7. The van der Waals surface area contributed by atoms with Crippen LogP contribution >= 0.6 is 0 Å². The number of piperidine rings is 1. The van der Waals surface area contributed by atoms with E-state index in [1.54, 1.807) is 63.8 Å². The number of methoxy groups -OCH3 is 1. The van der Waals surface area contributed by atoms with Gasteiger partial charge in [0.1, 0.15) is 34.0 Å². The first-order valence-corrected chi connectivity index (χ1v) is 24.3.